The SMILES string of the molecule is COc1cc2ncnc(Nc3ccc(F)c(Cl)c3)c2cc1-c1ccc(C#CCCCCCCC(=O)NO)o1. The molecule has 0 bridgehead atoms. The quantitative estimate of drug-likeness (QED) is 0.0902. The van der Waals surface area contributed by atoms with Crippen molar-refractivity contribution in [3.05, 3.63) is 65.4 Å². The minimum absolute atomic E-state index is 0.00651. The fraction of sp³-hybridized carbons (Fsp3) is 0.250. The van der Waals surface area contributed by atoms with Gasteiger partial charge in [-0.3, -0.25) is 10.0 Å². The molecule has 1 amide bonds. The van der Waals surface area contributed by atoms with E-state index in [0.717, 1.165) is 25.7 Å². The van der Waals surface area contributed by atoms with Crippen LogP contribution < -0.4 is 15.5 Å². The molecular weight excluding hydrogens is 511 g/mol. The molecule has 10 heteroatoms. The molecule has 0 saturated carbocycles. The number of amides is 1. The summed E-state index contributed by atoms with van der Waals surface area (Å²) in [4.78, 5) is 19.7. The monoisotopic (exact) mass is 536 g/mol. The normalized spacial score (nSPS) is 10.6. The predicted molar refractivity (Wildman–Crippen MR) is 143 cm³/mol. The molecule has 0 radical (unpaired) electrons. The summed E-state index contributed by atoms with van der Waals surface area (Å²) >= 11 is 5.93. The van der Waals surface area contributed by atoms with Crippen molar-refractivity contribution in [3.8, 4) is 28.9 Å². The summed E-state index contributed by atoms with van der Waals surface area (Å²) in [5.74, 6) is 7.51. The van der Waals surface area contributed by atoms with Gasteiger partial charge in [0.05, 0.1) is 23.2 Å². The molecule has 4 rings (SSSR count). The van der Waals surface area contributed by atoms with Gasteiger partial charge in [-0.2, -0.15) is 0 Å². The highest BCUT2D eigenvalue weighted by Gasteiger charge is 2.15. The smallest absolute Gasteiger partial charge is 0.243 e. The Kier molecular flexibility index (Phi) is 9.14. The van der Waals surface area contributed by atoms with Crippen LogP contribution in [0.2, 0.25) is 5.02 Å². The minimum Gasteiger partial charge on any atom is -0.496 e. The maximum absolute atomic E-state index is 13.6. The number of fused-ring (bicyclic) bond motifs is 1. The minimum atomic E-state index is -0.502. The average molecular weight is 537 g/mol. The molecule has 2 aromatic heterocycles. The second-order valence-corrected chi connectivity index (χ2v) is 8.87. The second kappa shape index (κ2) is 12.9. The Morgan fingerprint density at radius 1 is 1.13 bits per heavy atom. The van der Waals surface area contributed by atoms with E-state index in [1.54, 1.807) is 30.8 Å². The molecule has 0 spiro atoms. The molecule has 0 unspecified atom stereocenters. The summed E-state index contributed by atoms with van der Waals surface area (Å²) < 4.78 is 25.2. The molecule has 2 aromatic carbocycles. The first-order valence-electron chi connectivity index (χ1n) is 12.1. The zero-order valence-electron chi connectivity index (χ0n) is 20.7. The highest BCUT2D eigenvalue weighted by atomic mass is 35.5. The summed E-state index contributed by atoms with van der Waals surface area (Å²) in [6, 6.07) is 11.7. The van der Waals surface area contributed by atoms with Crippen LogP contribution in [0.1, 0.15) is 44.3 Å². The number of rotatable bonds is 10. The van der Waals surface area contributed by atoms with Crippen molar-refractivity contribution in [2.24, 2.45) is 0 Å². The van der Waals surface area contributed by atoms with Gasteiger partial charge >= 0.3 is 0 Å². The number of carbonyl (C=O) groups is 1. The molecule has 0 saturated heterocycles. The van der Waals surface area contributed by atoms with E-state index in [9.17, 15) is 9.18 Å². The van der Waals surface area contributed by atoms with Gasteiger partial charge in [0, 0.05) is 30.0 Å². The Morgan fingerprint density at radius 3 is 2.76 bits per heavy atom. The van der Waals surface area contributed by atoms with Crippen molar-refractivity contribution in [2.45, 2.75) is 38.5 Å². The maximum Gasteiger partial charge on any atom is 0.243 e. The third kappa shape index (κ3) is 6.79. The Bertz CT molecular complexity index is 1500. The molecule has 3 N–H and O–H groups in total. The largest absolute Gasteiger partial charge is 0.496 e. The van der Waals surface area contributed by atoms with Gasteiger partial charge in [0.1, 0.15) is 29.5 Å². The van der Waals surface area contributed by atoms with Crippen LogP contribution in [-0.4, -0.2) is 28.2 Å². The number of benzene rings is 2. The number of methoxy groups -OCH3 is 1. The first-order chi connectivity index (χ1) is 18.5. The van der Waals surface area contributed by atoms with Crippen LogP contribution in [0.25, 0.3) is 22.2 Å². The number of carbonyl (C=O) groups excluding carboxylic acids is 1. The molecule has 0 aliphatic rings. The number of nitrogens with zero attached hydrogens (tertiary/aromatic N) is 2. The van der Waals surface area contributed by atoms with Crippen LogP contribution in [0.3, 0.4) is 0 Å². The summed E-state index contributed by atoms with van der Waals surface area (Å²) in [5.41, 5.74) is 3.57. The van der Waals surface area contributed by atoms with E-state index >= 15 is 0 Å². The molecular formula is C28H26ClFN4O4. The van der Waals surface area contributed by atoms with E-state index in [0.29, 0.717) is 58.1 Å². The van der Waals surface area contributed by atoms with Gasteiger partial charge in [0.15, 0.2) is 5.76 Å². The number of nitrogens with one attached hydrogen (secondary N) is 2. The van der Waals surface area contributed by atoms with E-state index in [1.165, 1.54) is 18.5 Å². The second-order valence-electron chi connectivity index (χ2n) is 8.46. The average Bonchev–Trinajstić information content (AvgIpc) is 3.40. The Hall–Kier alpha value is -4.13. The van der Waals surface area contributed by atoms with E-state index in [4.69, 9.17) is 26.0 Å². The predicted octanol–water partition coefficient (Wildman–Crippen LogP) is 6.63. The van der Waals surface area contributed by atoms with Gasteiger partial charge in [-0.1, -0.05) is 30.4 Å². The van der Waals surface area contributed by atoms with Crippen LogP contribution in [-0.2, 0) is 4.79 Å². The number of unbranched alkanes of at least 4 members (excludes halogenated alkanes) is 4. The topological polar surface area (TPSA) is 110 Å². The van der Waals surface area contributed by atoms with Crippen molar-refractivity contribution < 1.29 is 23.5 Å². The van der Waals surface area contributed by atoms with Crippen LogP contribution in [0, 0.1) is 17.7 Å². The van der Waals surface area contributed by atoms with Gasteiger partial charge in [-0.05, 0) is 55.2 Å². The van der Waals surface area contributed by atoms with E-state index in [1.807, 2.05) is 12.1 Å². The van der Waals surface area contributed by atoms with Crippen LogP contribution in [0.15, 0.2) is 53.2 Å². The van der Waals surface area contributed by atoms with Crippen LogP contribution in [0.4, 0.5) is 15.9 Å². The molecule has 4 aromatic rings. The summed E-state index contributed by atoms with van der Waals surface area (Å²) in [6.07, 6.45) is 5.95. The van der Waals surface area contributed by atoms with Crippen molar-refractivity contribution >= 4 is 39.9 Å². The van der Waals surface area contributed by atoms with Gasteiger partial charge in [-0.15, -0.1) is 0 Å². The number of anilines is 2. The molecule has 0 fully saturated rings. The maximum atomic E-state index is 13.6. The summed E-state index contributed by atoms with van der Waals surface area (Å²) in [5, 5.41) is 12.4. The highest BCUT2D eigenvalue weighted by Crippen LogP contribution is 2.37. The van der Waals surface area contributed by atoms with E-state index in [-0.39, 0.29) is 10.9 Å². The van der Waals surface area contributed by atoms with E-state index < -0.39 is 5.82 Å². The van der Waals surface area contributed by atoms with Crippen molar-refractivity contribution in [1.82, 2.24) is 15.4 Å². The summed E-state index contributed by atoms with van der Waals surface area (Å²) in [7, 11) is 1.57. The third-order valence-corrected chi connectivity index (χ3v) is 6.09. The van der Waals surface area contributed by atoms with Crippen LogP contribution >= 0.6 is 11.6 Å². The van der Waals surface area contributed by atoms with Crippen molar-refractivity contribution in [3.63, 3.8) is 0 Å². The fourth-order valence-electron chi connectivity index (χ4n) is 3.86. The molecule has 196 valence electrons. The van der Waals surface area contributed by atoms with Gasteiger partial charge in [0.2, 0.25) is 5.91 Å². The molecule has 2 heterocycles. The van der Waals surface area contributed by atoms with Gasteiger partial charge in [0.25, 0.3) is 0 Å². The number of hydrogen-bond acceptors (Lipinski definition) is 7. The lowest BCUT2D eigenvalue weighted by molar-refractivity contribution is -0.129. The zero-order valence-corrected chi connectivity index (χ0v) is 21.4. The lowest BCUT2D eigenvalue weighted by Gasteiger charge is -2.12. The lowest BCUT2D eigenvalue weighted by atomic mass is 10.1. The van der Waals surface area contributed by atoms with Crippen molar-refractivity contribution in [1.29, 1.82) is 0 Å². The Labute approximate surface area is 224 Å². The summed E-state index contributed by atoms with van der Waals surface area (Å²) in [6.45, 7) is 0. The third-order valence-electron chi connectivity index (χ3n) is 5.80. The van der Waals surface area contributed by atoms with E-state index in [2.05, 4.69) is 27.1 Å². The number of hydroxylamine groups is 1. The molecule has 0 atom stereocenters. The molecule has 8 nitrogen and oxygen atoms in total. The molecule has 0 aliphatic heterocycles. The number of halogens is 2. The number of aromatic nitrogens is 2. The zero-order chi connectivity index (χ0) is 26.9. The Balaban J connectivity index is 1.48. The van der Waals surface area contributed by atoms with Gasteiger partial charge < -0.3 is 14.5 Å². The molecule has 0 aliphatic carbocycles. The highest BCUT2D eigenvalue weighted by molar-refractivity contribution is 6.31. The number of ether oxygens (including phenoxy) is 1. The Morgan fingerprint density at radius 2 is 1.97 bits per heavy atom. The molecule has 38 heavy (non-hydrogen) atoms. The fourth-order valence-corrected chi connectivity index (χ4v) is 4.04. The number of furan rings is 1. The first kappa shape index (κ1) is 26.9. The van der Waals surface area contributed by atoms with Crippen molar-refractivity contribution in [2.75, 3.05) is 12.4 Å². The first-order valence-corrected chi connectivity index (χ1v) is 12.4. The number of hydrogen-bond donors (Lipinski definition) is 3. The standard InChI is InChI=1S/C28H26ClFN4O4/c1-37-26-16-24-20(28(32-17-31-24)33-18-10-12-23(30)22(29)14-18)15-21(26)25-13-11-19(38-25)8-6-4-2-3-5-7-9-27(35)34-36/h10-17,36H,2-5,7,9H2,1H3,(H,34,35)(H,31,32,33). The lowest BCUT2D eigenvalue weighted by Crippen LogP contribution is -2.17. The van der Waals surface area contributed by atoms with Crippen LogP contribution in [0.5, 0.6) is 5.75 Å². The van der Waals surface area contributed by atoms with Gasteiger partial charge in [-0.25, -0.2) is 19.8 Å².